The fraction of sp³-hybridized carbons (Fsp3) is 0.238. The number of halogens is 2. The molecule has 0 aliphatic carbocycles. The molecule has 1 saturated heterocycles. The van der Waals surface area contributed by atoms with Gasteiger partial charge in [-0.3, -0.25) is 14.8 Å². The molecule has 0 radical (unpaired) electrons. The molecule has 6 nitrogen and oxygen atoms in total. The molecule has 1 aliphatic heterocycles. The van der Waals surface area contributed by atoms with Crippen molar-refractivity contribution in [2.24, 2.45) is 0 Å². The van der Waals surface area contributed by atoms with Crippen LogP contribution < -0.4 is 5.17 Å². The van der Waals surface area contributed by atoms with Crippen molar-refractivity contribution in [2.75, 3.05) is 31.4 Å². The van der Waals surface area contributed by atoms with Crippen molar-refractivity contribution in [3.63, 3.8) is 0 Å². The van der Waals surface area contributed by atoms with E-state index in [1.807, 2.05) is 0 Å². The Kier molecular flexibility index (Phi) is 6.79. The highest BCUT2D eigenvalue weighted by atomic mass is 79.9. The van der Waals surface area contributed by atoms with Gasteiger partial charge in [0.1, 0.15) is 5.82 Å². The number of carbonyl (C=O) groups is 2. The Morgan fingerprint density at radius 2 is 1.76 bits per heavy atom. The molecule has 1 fully saturated rings. The van der Waals surface area contributed by atoms with Gasteiger partial charge in [-0.25, -0.2) is 4.39 Å². The Labute approximate surface area is 176 Å². The third kappa shape index (κ3) is 5.29. The topological polar surface area (TPSA) is 64.1 Å². The van der Waals surface area contributed by atoms with Crippen LogP contribution >= 0.6 is 15.9 Å². The monoisotopic (exact) mass is 461 g/mol. The number of hydrogen-bond acceptors (Lipinski definition) is 5. The standard InChI is InChI=1S/C21H21BrFN3O3/c1-15(27)16-2-6-19(7-3-16)26(29)25-12-10-24(11-13-25)21(28)9-4-17-14-18(22)5-8-20(17)23/h2-9,14,29H,10-13H2,1H3/b9-4+. The zero-order chi connectivity index (χ0) is 21.0. The van der Waals surface area contributed by atoms with Gasteiger partial charge in [0, 0.05) is 47.9 Å². The first kappa shape index (κ1) is 21.2. The minimum absolute atomic E-state index is 0.0380. The predicted octanol–water partition coefficient (Wildman–Crippen LogP) is 3.76. The molecule has 29 heavy (non-hydrogen) atoms. The zero-order valence-corrected chi connectivity index (χ0v) is 17.5. The molecule has 0 spiro atoms. The number of carbonyl (C=O) groups excluding carboxylic acids is 2. The van der Waals surface area contributed by atoms with E-state index in [0.29, 0.717) is 43.0 Å². The maximum atomic E-state index is 13.8. The molecular formula is C21H21BrFN3O3. The van der Waals surface area contributed by atoms with Crippen LogP contribution in [0.4, 0.5) is 10.1 Å². The van der Waals surface area contributed by atoms with E-state index in [9.17, 15) is 19.2 Å². The van der Waals surface area contributed by atoms with Crippen LogP contribution in [-0.2, 0) is 4.79 Å². The number of rotatable bonds is 5. The van der Waals surface area contributed by atoms with Crippen molar-refractivity contribution >= 4 is 39.4 Å². The maximum Gasteiger partial charge on any atom is 0.246 e. The number of hydrogen-bond donors (Lipinski definition) is 1. The van der Waals surface area contributed by atoms with E-state index in [1.165, 1.54) is 25.1 Å². The number of hydrazine groups is 1. The summed E-state index contributed by atoms with van der Waals surface area (Å²) in [6, 6.07) is 11.2. The molecule has 1 amide bonds. The number of piperazine rings is 1. The Balaban J connectivity index is 1.56. The molecule has 152 valence electrons. The van der Waals surface area contributed by atoms with Crippen LogP contribution in [0, 0.1) is 5.82 Å². The van der Waals surface area contributed by atoms with Gasteiger partial charge in [0.25, 0.3) is 0 Å². The van der Waals surface area contributed by atoms with Crippen molar-refractivity contribution < 1.29 is 19.2 Å². The molecule has 1 heterocycles. The van der Waals surface area contributed by atoms with Gasteiger partial charge >= 0.3 is 0 Å². The summed E-state index contributed by atoms with van der Waals surface area (Å²) in [5.74, 6) is -0.642. The number of benzene rings is 2. The largest absolute Gasteiger partial charge is 0.336 e. The summed E-state index contributed by atoms with van der Waals surface area (Å²) in [5.41, 5.74) is 1.45. The molecule has 1 N–H and O–H groups in total. The molecule has 0 unspecified atom stereocenters. The average Bonchev–Trinajstić information content (AvgIpc) is 2.73. The van der Waals surface area contributed by atoms with Crippen LogP contribution in [0.25, 0.3) is 6.08 Å². The molecule has 0 aromatic heterocycles. The molecule has 0 saturated carbocycles. The van der Waals surface area contributed by atoms with E-state index in [2.05, 4.69) is 15.9 Å². The van der Waals surface area contributed by atoms with Crippen LogP contribution in [0.5, 0.6) is 0 Å². The number of anilines is 1. The van der Waals surface area contributed by atoms with Crippen LogP contribution in [0.2, 0.25) is 0 Å². The van der Waals surface area contributed by atoms with Crippen molar-refractivity contribution in [1.29, 1.82) is 0 Å². The quantitative estimate of drug-likeness (QED) is 0.417. The summed E-state index contributed by atoms with van der Waals surface area (Å²) in [6.45, 7) is 3.21. The number of amides is 1. The normalized spacial score (nSPS) is 15.0. The van der Waals surface area contributed by atoms with Gasteiger partial charge in [-0.2, -0.15) is 10.2 Å². The first-order valence-corrected chi connectivity index (χ1v) is 9.91. The lowest BCUT2D eigenvalue weighted by Crippen LogP contribution is -2.54. The van der Waals surface area contributed by atoms with Crippen LogP contribution in [-0.4, -0.2) is 53.0 Å². The minimum Gasteiger partial charge on any atom is -0.336 e. The predicted molar refractivity (Wildman–Crippen MR) is 112 cm³/mol. The summed E-state index contributed by atoms with van der Waals surface area (Å²) in [4.78, 5) is 25.4. The summed E-state index contributed by atoms with van der Waals surface area (Å²) in [5, 5.41) is 13.2. The second kappa shape index (κ2) is 9.30. The zero-order valence-electron chi connectivity index (χ0n) is 15.9. The van der Waals surface area contributed by atoms with Crippen LogP contribution in [0.15, 0.2) is 53.0 Å². The van der Waals surface area contributed by atoms with E-state index in [-0.39, 0.29) is 11.7 Å². The fourth-order valence-corrected chi connectivity index (χ4v) is 3.39. The maximum absolute atomic E-state index is 13.8. The minimum atomic E-state index is -0.395. The molecule has 0 atom stereocenters. The van der Waals surface area contributed by atoms with Crippen molar-refractivity contribution in [3.8, 4) is 0 Å². The van der Waals surface area contributed by atoms with Crippen molar-refractivity contribution in [1.82, 2.24) is 9.91 Å². The summed E-state index contributed by atoms with van der Waals surface area (Å²) >= 11 is 3.28. The molecule has 2 aromatic rings. The fourth-order valence-electron chi connectivity index (χ4n) is 3.01. The highest BCUT2D eigenvalue weighted by Gasteiger charge is 2.23. The Bertz CT molecular complexity index is 925. The van der Waals surface area contributed by atoms with Crippen molar-refractivity contribution in [2.45, 2.75) is 6.92 Å². The summed E-state index contributed by atoms with van der Waals surface area (Å²) in [6.07, 6.45) is 2.82. The van der Waals surface area contributed by atoms with E-state index in [0.717, 1.165) is 9.64 Å². The van der Waals surface area contributed by atoms with E-state index in [1.54, 1.807) is 46.3 Å². The number of Topliss-reactive ketones (excluding diaryl/α,β-unsaturated/α-hetero) is 1. The number of nitrogens with zero attached hydrogens (tertiary/aromatic N) is 3. The van der Waals surface area contributed by atoms with E-state index >= 15 is 0 Å². The third-order valence-corrected chi connectivity index (χ3v) is 5.20. The lowest BCUT2D eigenvalue weighted by molar-refractivity contribution is -0.128. The molecule has 8 heteroatoms. The first-order chi connectivity index (χ1) is 13.8. The third-order valence-electron chi connectivity index (χ3n) is 4.70. The lowest BCUT2D eigenvalue weighted by Gasteiger charge is -2.38. The second-order valence-electron chi connectivity index (χ2n) is 6.67. The highest BCUT2D eigenvalue weighted by molar-refractivity contribution is 9.10. The van der Waals surface area contributed by atoms with E-state index < -0.39 is 5.82 Å². The van der Waals surface area contributed by atoms with Gasteiger partial charge in [0.15, 0.2) is 5.78 Å². The van der Waals surface area contributed by atoms with Crippen LogP contribution in [0.3, 0.4) is 0 Å². The SMILES string of the molecule is CC(=O)c1ccc(N(O)N2CCN(C(=O)/C=C/c3cc(Br)ccc3F)CC2)cc1. The summed E-state index contributed by atoms with van der Waals surface area (Å²) in [7, 11) is 0. The van der Waals surface area contributed by atoms with Gasteiger partial charge in [0.2, 0.25) is 5.91 Å². The number of ketones is 1. The Hall–Kier alpha value is -2.55. The molecular weight excluding hydrogens is 441 g/mol. The van der Waals surface area contributed by atoms with Gasteiger partial charge in [-0.1, -0.05) is 15.9 Å². The molecule has 1 aliphatic rings. The van der Waals surface area contributed by atoms with Crippen LogP contribution in [0.1, 0.15) is 22.8 Å². The average molecular weight is 462 g/mol. The second-order valence-corrected chi connectivity index (χ2v) is 7.59. The van der Waals surface area contributed by atoms with Gasteiger partial charge in [-0.05, 0) is 55.5 Å². The Morgan fingerprint density at radius 3 is 2.38 bits per heavy atom. The van der Waals surface area contributed by atoms with Gasteiger partial charge in [0.05, 0.1) is 5.69 Å². The lowest BCUT2D eigenvalue weighted by atomic mass is 10.1. The molecule has 2 aromatic carbocycles. The molecule has 3 rings (SSSR count). The van der Waals surface area contributed by atoms with Gasteiger partial charge in [-0.15, -0.1) is 0 Å². The molecule has 0 bridgehead atoms. The summed E-state index contributed by atoms with van der Waals surface area (Å²) < 4.78 is 14.5. The smallest absolute Gasteiger partial charge is 0.246 e. The van der Waals surface area contributed by atoms with Gasteiger partial charge < -0.3 is 4.90 Å². The first-order valence-electron chi connectivity index (χ1n) is 9.12. The van der Waals surface area contributed by atoms with E-state index in [4.69, 9.17) is 0 Å². The van der Waals surface area contributed by atoms with Crippen molar-refractivity contribution in [3.05, 3.63) is 70.0 Å². The Morgan fingerprint density at radius 1 is 1.10 bits per heavy atom. The highest BCUT2D eigenvalue weighted by Crippen LogP contribution is 2.19.